The molecule has 1 aliphatic heterocycles. The van der Waals surface area contributed by atoms with E-state index in [0.717, 1.165) is 17.0 Å². The molecule has 5 nitrogen and oxygen atoms in total. The van der Waals surface area contributed by atoms with E-state index in [-0.39, 0.29) is 6.79 Å². The van der Waals surface area contributed by atoms with E-state index in [1.165, 1.54) is 12.4 Å². The molecule has 0 atom stereocenters. The summed E-state index contributed by atoms with van der Waals surface area (Å²) in [6.45, 7) is 2.11. The fourth-order valence-electron chi connectivity index (χ4n) is 1.84. The van der Waals surface area contributed by atoms with Crippen LogP contribution in [0.15, 0.2) is 35.7 Å². The third kappa shape index (κ3) is 2.89. The van der Waals surface area contributed by atoms with E-state index in [1.54, 1.807) is 0 Å². The predicted molar refractivity (Wildman–Crippen MR) is 82.7 cm³/mol. The molecule has 108 valence electrons. The normalized spacial score (nSPS) is 13.4. The van der Waals surface area contributed by atoms with Crippen molar-refractivity contribution >= 4 is 34.6 Å². The number of hydrogen-bond acceptors (Lipinski definition) is 5. The lowest BCUT2D eigenvalue weighted by Crippen LogP contribution is -2.00. The maximum absolute atomic E-state index is 6.02. The van der Waals surface area contributed by atoms with Gasteiger partial charge in [-0.25, -0.2) is 0 Å². The van der Waals surface area contributed by atoms with Gasteiger partial charge in [-0.05, 0) is 25.1 Å². The van der Waals surface area contributed by atoms with Crippen molar-refractivity contribution in [2.45, 2.75) is 6.92 Å². The Morgan fingerprint density at radius 2 is 1.90 bits per heavy atom. The van der Waals surface area contributed by atoms with E-state index >= 15 is 0 Å². The molecule has 1 aromatic heterocycles. The van der Waals surface area contributed by atoms with Crippen LogP contribution in [-0.2, 0) is 0 Å². The lowest BCUT2D eigenvalue weighted by Gasteiger charge is -2.07. The summed E-state index contributed by atoms with van der Waals surface area (Å²) in [4.78, 5) is 3.89. The number of hydrazone groups is 1. The minimum atomic E-state index is 0.245. The first-order valence-corrected chi connectivity index (χ1v) is 6.90. The summed E-state index contributed by atoms with van der Waals surface area (Å²) < 4.78 is 10.6. The largest absolute Gasteiger partial charge is 0.454 e. The van der Waals surface area contributed by atoms with Gasteiger partial charge in [-0.1, -0.05) is 23.2 Å². The minimum Gasteiger partial charge on any atom is -0.454 e. The lowest BCUT2D eigenvalue weighted by atomic mass is 10.1. The van der Waals surface area contributed by atoms with Crippen molar-refractivity contribution in [3.8, 4) is 11.5 Å². The fourth-order valence-corrected chi connectivity index (χ4v) is 2.29. The number of benzene rings is 1. The van der Waals surface area contributed by atoms with Gasteiger partial charge in [-0.2, -0.15) is 5.10 Å². The van der Waals surface area contributed by atoms with Crippen molar-refractivity contribution in [2.24, 2.45) is 5.10 Å². The summed E-state index contributed by atoms with van der Waals surface area (Å²) >= 11 is 12.0. The Labute approximate surface area is 131 Å². The van der Waals surface area contributed by atoms with Crippen molar-refractivity contribution in [3.63, 3.8) is 0 Å². The first kappa shape index (κ1) is 14.0. The topological polar surface area (TPSA) is 55.7 Å². The molecule has 0 aliphatic carbocycles. The second kappa shape index (κ2) is 5.79. The van der Waals surface area contributed by atoms with Crippen LogP contribution in [0.5, 0.6) is 11.5 Å². The highest BCUT2D eigenvalue weighted by Crippen LogP contribution is 2.33. The van der Waals surface area contributed by atoms with Crippen LogP contribution in [0, 0.1) is 0 Å². The summed E-state index contributed by atoms with van der Waals surface area (Å²) in [7, 11) is 0. The Morgan fingerprint density at radius 3 is 2.67 bits per heavy atom. The number of pyridine rings is 1. The molecular formula is C14H11Cl2N3O2. The van der Waals surface area contributed by atoms with Crippen LogP contribution < -0.4 is 14.9 Å². The number of hydrogen-bond donors (Lipinski definition) is 1. The number of ether oxygens (including phenoxy) is 2. The summed E-state index contributed by atoms with van der Waals surface area (Å²) in [6, 6.07) is 5.63. The third-order valence-corrected chi connectivity index (χ3v) is 3.55. The SMILES string of the molecule is C/C(=N/Nc1c(Cl)cncc1Cl)c1ccc2c(c1)OCO2. The van der Waals surface area contributed by atoms with Gasteiger partial charge in [-0.3, -0.25) is 10.4 Å². The van der Waals surface area contributed by atoms with E-state index in [1.807, 2.05) is 25.1 Å². The molecule has 2 aromatic rings. The zero-order valence-electron chi connectivity index (χ0n) is 11.1. The first-order chi connectivity index (χ1) is 10.1. The Hall–Kier alpha value is -1.98. The molecule has 1 aromatic carbocycles. The van der Waals surface area contributed by atoms with Gasteiger partial charge >= 0.3 is 0 Å². The molecule has 0 saturated carbocycles. The van der Waals surface area contributed by atoms with E-state index < -0.39 is 0 Å². The molecule has 1 N–H and O–H groups in total. The molecule has 0 radical (unpaired) electrons. The molecule has 0 fully saturated rings. The number of aromatic nitrogens is 1. The molecule has 7 heteroatoms. The molecule has 0 unspecified atom stereocenters. The molecule has 2 heterocycles. The van der Waals surface area contributed by atoms with Gasteiger partial charge < -0.3 is 9.47 Å². The quantitative estimate of drug-likeness (QED) is 0.686. The Bertz CT molecular complexity index is 699. The monoisotopic (exact) mass is 323 g/mol. The minimum absolute atomic E-state index is 0.245. The Morgan fingerprint density at radius 1 is 1.19 bits per heavy atom. The van der Waals surface area contributed by atoms with Crippen molar-refractivity contribution in [1.29, 1.82) is 0 Å². The number of fused-ring (bicyclic) bond motifs is 1. The van der Waals surface area contributed by atoms with Crippen LogP contribution >= 0.6 is 23.2 Å². The van der Waals surface area contributed by atoms with E-state index in [0.29, 0.717) is 21.5 Å². The molecule has 0 saturated heterocycles. The van der Waals surface area contributed by atoms with E-state index in [2.05, 4.69) is 15.5 Å². The van der Waals surface area contributed by atoms with Crippen molar-refractivity contribution < 1.29 is 9.47 Å². The van der Waals surface area contributed by atoms with Gasteiger partial charge in [0.25, 0.3) is 0 Å². The molecular weight excluding hydrogens is 313 g/mol. The molecule has 21 heavy (non-hydrogen) atoms. The smallest absolute Gasteiger partial charge is 0.231 e. The standard InChI is InChI=1S/C14H11Cl2N3O2/c1-8(9-2-3-12-13(4-9)21-7-20-12)18-19-14-10(15)5-17-6-11(14)16/h2-6H,7H2,1H3,(H,17,19)/b18-8-. The Kier molecular flexibility index (Phi) is 3.86. The molecule has 0 bridgehead atoms. The second-order valence-corrected chi connectivity index (χ2v) is 5.17. The summed E-state index contributed by atoms with van der Waals surface area (Å²) in [5.41, 5.74) is 5.05. The number of nitrogens with one attached hydrogen (secondary N) is 1. The highest BCUT2D eigenvalue weighted by atomic mass is 35.5. The Balaban J connectivity index is 1.83. The highest BCUT2D eigenvalue weighted by molar-refractivity contribution is 6.38. The van der Waals surface area contributed by atoms with E-state index in [4.69, 9.17) is 32.7 Å². The second-order valence-electron chi connectivity index (χ2n) is 4.36. The fraction of sp³-hybridized carbons (Fsp3) is 0.143. The van der Waals surface area contributed by atoms with Crippen LogP contribution in [0.25, 0.3) is 0 Å². The maximum atomic E-state index is 6.02. The van der Waals surface area contributed by atoms with Gasteiger partial charge in [0.15, 0.2) is 11.5 Å². The van der Waals surface area contributed by atoms with Gasteiger partial charge in [0.1, 0.15) is 0 Å². The average Bonchev–Trinajstić information content (AvgIpc) is 2.93. The molecule has 3 rings (SSSR count). The van der Waals surface area contributed by atoms with Gasteiger partial charge in [0.2, 0.25) is 6.79 Å². The maximum Gasteiger partial charge on any atom is 0.231 e. The van der Waals surface area contributed by atoms with E-state index in [9.17, 15) is 0 Å². The molecule has 1 aliphatic rings. The van der Waals surface area contributed by atoms with Crippen LogP contribution in [-0.4, -0.2) is 17.5 Å². The van der Waals surface area contributed by atoms with Gasteiger partial charge in [-0.15, -0.1) is 0 Å². The predicted octanol–water partition coefficient (Wildman–Crippen LogP) is 3.95. The molecule has 0 spiro atoms. The number of anilines is 1. The highest BCUT2D eigenvalue weighted by Gasteiger charge is 2.14. The number of nitrogens with zero attached hydrogens (tertiary/aromatic N) is 2. The number of rotatable bonds is 3. The van der Waals surface area contributed by atoms with Crippen LogP contribution in [0.1, 0.15) is 12.5 Å². The van der Waals surface area contributed by atoms with Crippen molar-refractivity contribution in [3.05, 3.63) is 46.2 Å². The van der Waals surface area contributed by atoms with Crippen LogP contribution in [0.2, 0.25) is 10.0 Å². The molecule has 0 amide bonds. The zero-order valence-corrected chi connectivity index (χ0v) is 12.6. The van der Waals surface area contributed by atoms with Crippen molar-refractivity contribution in [1.82, 2.24) is 4.98 Å². The van der Waals surface area contributed by atoms with Gasteiger partial charge in [0, 0.05) is 18.0 Å². The van der Waals surface area contributed by atoms with Crippen LogP contribution in [0.3, 0.4) is 0 Å². The lowest BCUT2D eigenvalue weighted by molar-refractivity contribution is 0.174. The summed E-state index contributed by atoms with van der Waals surface area (Å²) in [5.74, 6) is 1.45. The summed E-state index contributed by atoms with van der Waals surface area (Å²) in [6.07, 6.45) is 3.00. The number of halogens is 2. The average molecular weight is 324 g/mol. The van der Waals surface area contributed by atoms with Crippen molar-refractivity contribution in [2.75, 3.05) is 12.2 Å². The van der Waals surface area contributed by atoms with Crippen LogP contribution in [0.4, 0.5) is 5.69 Å². The zero-order chi connectivity index (χ0) is 14.8. The summed E-state index contributed by atoms with van der Waals surface area (Å²) in [5, 5.41) is 5.10. The third-order valence-electron chi connectivity index (χ3n) is 2.98. The first-order valence-electron chi connectivity index (χ1n) is 6.14. The van der Waals surface area contributed by atoms with Gasteiger partial charge in [0.05, 0.1) is 21.4 Å².